The van der Waals surface area contributed by atoms with Crippen molar-refractivity contribution in [3.8, 4) is 17.2 Å². The van der Waals surface area contributed by atoms with Gasteiger partial charge in [0.15, 0.2) is 5.57 Å². The van der Waals surface area contributed by atoms with Gasteiger partial charge >= 0.3 is 11.9 Å². The lowest BCUT2D eigenvalue weighted by Crippen LogP contribution is -2.42. The molecule has 0 atom stereocenters. The summed E-state index contributed by atoms with van der Waals surface area (Å²) in [6, 6.07) is 16.6. The number of benzene rings is 2. The molecule has 1 N–H and O–H groups in total. The first kappa shape index (κ1) is 17.2. The first-order valence-corrected chi connectivity index (χ1v) is 7.92. The summed E-state index contributed by atoms with van der Waals surface area (Å²) in [4.78, 5) is 24.0. The molecule has 0 radical (unpaired) electrons. The Bertz CT molecular complexity index is 932. The second-order valence-electron chi connectivity index (χ2n) is 6.12. The van der Waals surface area contributed by atoms with E-state index in [4.69, 9.17) is 14.7 Å². The number of nitriles is 1. The van der Waals surface area contributed by atoms with Crippen LogP contribution >= 0.6 is 0 Å². The molecule has 1 saturated heterocycles. The third-order valence-electron chi connectivity index (χ3n) is 3.72. The van der Waals surface area contributed by atoms with Crippen LogP contribution < -0.4 is 5.32 Å². The van der Waals surface area contributed by atoms with Gasteiger partial charge in [-0.3, -0.25) is 0 Å². The van der Waals surface area contributed by atoms with Crippen LogP contribution in [-0.2, 0) is 19.1 Å². The van der Waals surface area contributed by atoms with E-state index in [9.17, 15) is 9.59 Å². The van der Waals surface area contributed by atoms with Crippen molar-refractivity contribution in [1.29, 1.82) is 5.26 Å². The first-order chi connectivity index (χ1) is 12.4. The predicted octanol–water partition coefficient (Wildman–Crippen LogP) is 3.36. The van der Waals surface area contributed by atoms with Crippen LogP contribution in [0.3, 0.4) is 0 Å². The zero-order valence-corrected chi connectivity index (χ0v) is 14.3. The largest absolute Gasteiger partial charge is 0.419 e. The molecule has 0 saturated carbocycles. The number of hydrogen-bond acceptors (Lipinski definition) is 6. The highest BCUT2D eigenvalue weighted by molar-refractivity contribution is 6.15. The van der Waals surface area contributed by atoms with E-state index in [0.29, 0.717) is 11.3 Å². The van der Waals surface area contributed by atoms with E-state index >= 15 is 0 Å². The van der Waals surface area contributed by atoms with Crippen molar-refractivity contribution in [3.63, 3.8) is 0 Å². The highest BCUT2D eigenvalue weighted by atomic mass is 16.7. The number of carbonyl (C=O) groups excluding carboxylic acids is 2. The maximum atomic E-state index is 12.0. The van der Waals surface area contributed by atoms with Crippen LogP contribution in [0.1, 0.15) is 19.4 Å². The van der Waals surface area contributed by atoms with Gasteiger partial charge in [-0.2, -0.15) is 5.26 Å². The second kappa shape index (κ2) is 6.73. The van der Waals surface area contributed by atoms with E-state index < -0.39 is 17.7 Å². The first-order valence-electron chi connectivity index (χ1n) is 7.92. The fraction of sp³-hybridized carbons (Fsp3) is 0.150. The van der Waals surface area contributed by atoms with E-state index in [0.717, 1.165) is 11.1 Å². The Morgan fingerprint density at radius 2 is 1.73 bits per heavy atom. The number of rotatable bonds is 3. The van der Waals surface area contributed by atoms with Crippen molar-refractivity contribution < 1.29 is 19.1 Å². The van der Waals surface area contributed by atoms with Crippen LogP contribution in [0, 0.1) is 11.3 Å². The van der Waals surface area contributed by atoms with Gasteiger partial charge in [0, 0.05) is 31.3 Å². The predicted molar refractivity (Wildman–Crippen MR) is 94.6 cm³/mol. The number of ether oxygens (including phenoxy) is 2. The number of para-hydroxylation sites is 1. The summed E-state index contributed by atoms with van der Waals surface area (Å²) in [5, 5.41) is 12.0. The second-order valence-corrected chi connectivity index (χ2v) is 6.12. The van der Waals surface area contributed by atoms with Gasteiger partial charge in [-0.1, -0.05) is 30.3 Å². The summed E-state index contributed by atoms with van der Waals surface area (Å²) < 4.78 is 10.1. The summed E-state index contributed by atoms with van der Waals surface area (Å²) in [6.07, 6.45) is 1.27. The normalized spacial score (nSPS) is 15.5. The lowest BCUT2D eigenvalue weighted by atomic mass is 10.0. The van der Waals surface area contributed by atoms with E-state index in [1.807, 2.05) is 24.3 Å². The third kappa shape index (κ3) is 3.57. The molecule has 2 aromatic rings. The Hall–Kier alpha value is -3.59. The molecule has 0 unspecified atom stereocenters. The van der Waals surface area contributed by atoms with Gasteiger partial charge in [0.05, 0.1) is 11.6 Å². The monoisotopic (exact) mass is 348 g/mol. The minimum Gasteiger partial charge on any atom is -0.419 e. The molecule has 2 aromatic carbocycles. The molecule has 6 heteroatoms. The molecule has 6 nitrogen and oxygen atoms in total. The zero-order valence-electron chi connectivity index (χ0n) is 14.3. The van der Waals surface area contributed by atoms with E-state index in [-0.39, 0.29) is 5.57 Å². The third-order valence-corrected chi connectivity index (χ3v) is 3.72. The van der Waals surface area contributed by atoms with Gasteiger partial charge in [0.25, 0.3) is 5.79 Å². The summed E-state index contributed by atoms with van der Waals surface area (Å²) in [5.41, 5.74) is 2.64. The van der Waals surface area contributed by atoms with Gasteiger partial charge in [-0.15, -0.1) is 0 Å². The maximum Gasteiger partial charge on any atom is 0.350 e. The van der Waals surface area contributed by atoms with Crippen molar-refractivity contribution >= 4 is 17.6 Å². The molecule has 1 heterocycles. The van der Waals surface area contributed by atoms with Crippen molar-refractivity contribution in [2.24, 2.45) is 0 Å². The molecule has 1 aliphatic heterocycles. The summed E-state index contributed by atoms with van der Waals surface area (Å²) in [7, 11) is 0. The number of nitrogens with one attached hydrogen (secondary N) is 1. The van der Waals surface area contributed by atoms with Crippen LogP contribution in [0.15, 0.2) is 60.3 Å². The minimum absolute atomic E-state index is 0.218. The van der Waals surface area contributed by atoms with Gasteiger partial charge < -0.3 is 14.8 Å². The molecule has 3 rings (SSSR count). The fourth-order valence-corrected chi connectivity index (χ4v) is 2.55. The highest BCUT2D eigenvalue weighted by Crippen LogP contribution is 2.29. The molecule has 130 valence electrons. The molecule has 0 spiro atoms. The minimum atomic E-state index is -1.28. The van der Waals surface area contributed by atoms with Crippen molar-refractivity contribution in [3.05, 3.63) is 65.9 Å². The van der Waals surface area contributed by atoms with E-state index in [1.165, 1.54) is 20.0 Å². The van der Waals surface area contributed by atoms with Crippen molar-refractivity contribution in [2.45, 2.75) is 19.6 Å². The lowest BCUT2D eigenvalue weighted by molar-refractivity contribution is -0.222. The molecule has 26 heavy (non-hydrogen) atoms. The molecular weight excluding hydrogens is 332 g/mol. The number of cyclic esters (lactones) is 2. The van der Waals surface area contributed by atoms with Gasteiger partial charge in [0.2, 0.25) is 0 Å². The molecule has 1 fully saturated rings. The van der Waals surface area contributed by atoms with Crippen LogP contribution in [0.4, 0.5) is 5.69 Å². The summed E-state index contributed by atoms with van der Waals surface area (Å²) in [5.74, 6) is -2.77. The van der Waals surface area contributed by atoms with Crippen LogP contribution in [0.2, 0.25) is 0 Å². The van der Waals surface area contributed by atoms with Crippen molar-refractivity contribution in [1.82, 2.24) is 0 Å². The Kier molecular flexibility index (Phi) is 4.46. The van der Waals surface area contributed by atoms with Gasteiger partial charge in [-0.05, 0) is 23.8 Å². The Morgan fingerprint density at radius 3 is 2.42 bits per heavy atom. The molecule has 0 aromatic heterocycles. The summed E-state index contributed by atoms with van der Waals surface area (Å²) in [6.45, 7) is 2.98. The van der Waals surface area contributed by atoms with Gasteiger partial charge in [-0.25, -0.2) is 9.59 Å². The zero-order chi connectivity index (χ0) is 18.7. The highest BCUT2D eigenvalue weighted by Gasteiger charge is 2.38. The Balaban J connectivity index is 1.91. The smallest absolute Gasteiger partial charge is 0.350 e. The average molecular weight is 348 g/mol. The lowest BCUT2D eigenvalue weighted by Gasteiger charge is -2.29. The van der Waals surface area contributed by atoms with Gasteiger partial charge in [0.1, 0.15) is 0 Å². The SMILES string of the molecule is CC1(C)OC(=O)C(=CNc2ccccc2-c2cccc(C#N)c2)C(=O)O1. The van der Waals surface area contributed by atoms with Crippen LogP contribution in [-0.4, -0.2) is 17.7 Å². The van der Waals surface area contributed by atoms with Crippen molar-refractivity contribution in [2.75, 3.05) is 5.32 Å². The standard InChI is InChI=1S/C20H16N2O4/c1-20(2)25-18(23)16(19(24)26-20)12-22-17-9-4-3-8-15(17)14-7-5-6-13(10-14)11-21/h3-10,12,22H,1-2H3. The average Bonchev–Trinajstić information content (AvgIpc) is 2.60. The molecule has 0 amide bonds. The van der Waals surface area contributed by atoms with Crippen LogP contribution in [0.5, 0.6) is 0 Å². The maximum absolute atomic E-state index is 12.0. The Labute approximate surface area is 150 Å². The number of anilines is 1. The quantitative estimate of drug-likeness (QED) is 0.520. The fourth-order valence-electron chi connectivity index (χ4n) is 2.55. The van der Waals surface area contributed by atoms with E-state index in [2.05, 4.69) is 11.4 Å². The Morgan fingerprint density at radius 1 is 1.04 bits per heavy atom. The number of carbonyl (C=O) groups is 2. The number of hydrogen-bond donors (Lipinski definition) is 1. The molecule has 1 aliphatic rings. The molecule has 0 bridgehead atoms. The topological polar surface area (TPSA) is 88.4 Å². The number of esters is 2. The van der Waals surface area contributed by atoms with Crippen LogP contribution in [0.25, 0.3) is 11.1 Å². The molecular formula is C20H16N2O4. The molecule has 0 aliphatic carbocycles. The van der Waals surface area contributed by atoms with E-state index in [1.54, 1.807) is 24.3 Å². The summed E-state index contributed by atoms with van der Waals surface area (Å²) >= 11 is 0. The number of nitrogens with zero attached hydrogens (tertiary/aromatic N) is 1.